The average molecular weight is 280 g/mol. The number of ketones is 1. The molecule has 106 valence electrons. The zero-order valence-corrected chi connectivity index (χ0v) is 12.0. The summed E-state index contributed by atoms with van der Waals surface area (Å²) < 4.78 is 1.84. The topological polar surface area (TPSA) is 60.7 Å². The molecule has 0 spiro atoms. The lowest BCUT2D eigenvalue weighted by Crippen LogP contribution is -2.07. The van der Waals surface area contributed by atoms with Crippen molar-refractivity contribution in [2.75, 3.05) is 0 Å². The second-order valence-corrected chi connectivity index (χ2v) is 5.21. The van der Waals surface area contributed by atoms with E-state index >= 15 is 0 Å². The van der Waals surface area contributed by atoms with Crippen molar-refractivity contribution in [2.24, 2.45) is 0 Å². The van der Waals surface area contributed by atoms with Crippen LogP contribution in [0.1, 0.15) is 35.9 Å². The van der Waals surface area contributed by atoms with Gasteiger partial charge in [0.15, 0.2) is 11.4 Å². The standard InChI is InChI=1S/C16H16N4O/c1-11(2)20-16-13(9-19-20)14(17-10-18-16)8-15(21)12-6-4-3-5-7-12/h3-7,9-11H,8H2,1-2H3. The van der Waals surface area contributed by atoms with Crippen molar-refractivity contribution in [3.63, 3.8) is 0 Å². The predicted octanol–water partition coefficient (Wildman–Crippen LogP) is 2.83. The number of nitrogens with zero attached hydrogens (tertiary/aromatic N) is 4. The van der Waals surface area contributed by atoms with E-state index < -0.39 is 0 Å². The molecule has 21 heavy (non-hydrogen) atoms. The summed E-state index contributed by atoms with van der Waals surface area (Å²) in [5.74, 6) is 0.0490. The minimum absolute atomic E-state index is 0.0490. The third-order valence-corrected chi connectivity index (χ3v) is 3.39. The summed E-state index contributed by atoms with van der Waals surface area (Å²) in [7, 11) is 0. The molecular weight excluding hydrogens is 264 g/mol. The van der Waals surface area contributed by atoms with Gasteiger partial charge in [0, 0.05) is 11.6 Å². The quantitative estimate of drug-likeness (QED) is 0.689. The van der Waals surface area contributed by atoms with Gasteiger partial charge >= 0.3 is 0 Å². The fourth-order valence-electron chi connectivity index (χ4n) is 2.31. The molecule has 1 aromatic carbocycles. The molecule has 0 radical (unpaired) electrons. The molecule has 5 heteroatoms. The highest BCUT2D eigenvalue weighted by Crippen LogP contribution is 2.19. The summed E-state index contributed by atoms with van der Waals surface area (Å²) >= 11 is 0. The minimum Gasteiger partial charge on any atom is -0.294 e. The summed E-state index contributed by atoms with van der Waals surface area (Å²) in [6, 6.07) is 9.47. The van der Waals surface area contributed by atoms with E-state index in [1.54, 1.807) is 6.20 Å². The fourth-order valence-corrected chi connectivity index (χ4v) is 2.31. The molecule has 0 amide bonds. The van der Waals surface area contributed by atoms with Crippen LogP contribution in [0, 0.1) is 0 Å². The van der Waals surface area contributed by atoms with Gasteiger partial charge in [-0.25, -0.2) is 14.6 Å². The molecule has 0 N–H and O–H groups in total. The first-order valence-electron chi connectivity index (χ1n) is 6.92. The Hall–Kier alpha value is -2.56. The normalized spacial score (nSPS) is 11.2. The number of hydrogen-bond acceptors (Lipinski definition) is 4. The van der Waals surface area contributed by atoms with Crippen LogP contribution >= 0.6 is 0 Å². The van der Waals surface area contributed by atoms with E-state index in [1.807, 2.05) is 48.9 Å². The smallest absolute Gasteiger partial charge is 0.168 e. The molecule has 0 saturated heterocycles. The summed E-state index contributed by atoms with van der Waals surface area (Å²) in [5.41, 5.74) is 2.19. The molecule has 0 bridgehead atoms. The van der Waals surface area contributed by atoms with Crippen molar-refractivity contribution in [1.29, 1.82) is 0 Å². The third-order valence-electron chi connectivity index (χ3n) is 3.39. The van der Waals surface area contributed by atoms with Crippen molar-refractivity contribution in [1.82, 2.24) is 19.7 Å². The van der Waals surface area contributed by atoms with Crippen LogP contribution in [0.15, 0.2) is 42.9 Å². The van der Waals surface area contributed by atoms with Crippen molar-refractivity contribution < 1.29 is 4.79 Å². The molecule has 2 aromatic heterocycles. The molecule has 0 aliphatic heterocycles. The molecular formula is C16H16N4O. The lowest BCUT2D eigenvalue weighted by molar-refractivity contribution is 0.0992. The van der Waals surface area contributed by atoms with Crippen molar-refractivity contribution in [3.8, 4) is 0 Å². The third kappa shape index (κ3) is 2.54. The van der Waals surface area contributed by atoms with Crippen molar-refractivity contribution in [2.45, 2.75) is 26.3 Å². The van der Waals surface area contributed by atoms with Crippen LogP contribution in [0.3, 0.4) is 0 Å². The van der Waals surface area contributed by atoms with Gasteiger partial charge in [0.1, 0.15) is 6.33 Å². The van der Waals surface area contributed by atoms with Gasteiger partial charge in [-0.15, -0.1) is 0 Å². The maximum Gasteiger partial charge on any atom is 0.168 e. The Morgan fingerprint density at radius 1 is 1.19 bits per heavy atom. The molecule has 2 heterocycles. The summed E-state index contributed by atoms with van der Waals surface area (Å²) in [4.78, 5) is 20.9. The van der Waals surface area contributed by atoms with Crippen LogP contribution in [-0.2, 0) is 6.42 Å². The monoisotopic (exact) mass is 280 g/mol. The number of Topliss-reactive ketones (excluding diaryl/α,β-unsaturated/α-hetero) is 1. The second kappa shape index (κ2) is 5.44. The minimum atomic E-state index is 0.0490. The maximum absolute atomic E-state index is 12.3. The zero-order valence-electron chi connectivity index (χ0n) is 12.0. The molecule has 0 unspecified atom stereocenters. The molecule has 0 saturated carbocycles. The number of carbonyl (C=O) groups is 1. The average Bonchev–Trinajstić information content (AvgIpc) is 2.93. The van der Waals surface area contributed by atoms with Crippen LogP contribution in [-0.4, -0.2) is 25.5 Å². The largest absolute Gasteiger partial charge is 0.294 e. The molecule has 0 aliphatic carbocycles. The maximum atomic E-state index is 12.3. The van der Waals surface area contributed by atoms with Crippen LogP contribution in [0.4, 0.5) is 0 Å². The number of aromatic nitrogens is 4. The molecule has 3 rings (SSSR count). The lowest BCUT2D eigenvalue weighted by Gasteiger charge is -2.06. The Bertz CT molecular complexity index is 777. The Balaban J connectivity index is 1.96. The van der Waals surface area contributed by atoms with Gasteiger partial charge in [-0.3, -0.25) is 4.79 Å². The van der Waals surface area contributed by atoms with Gasteiger partial charge in [0.25, 0.3) is 0 Å². The van der Waals surface area contributed by atoms with E-state index in [0.29, 0.717) is 5.56 Å². The first kappa shape index (κ1) is 13.4. The highest BCUT2D eigenvalue weighted by molar-refractivity contribution is 5.98. The highest BCUT2D eigenvalue weighted by Gasteiger charge is 2.14. The number of fused-ring (bicyclic) bond motifs is 1. The SMILES string of the molecule is CC(C)n1ncc2c(CC(=O)c3ccccc3)ncnc21. The molecule has 3 aromatic rings. The van der Waals surface area contributed by atoms with Crippen molar-refractivity contribution >= 4 is 16.8 Å². The van der Waals surface area contributed by atoms with Crippen molar-refractivity contribution in [3.05, 3.63) is 54.1 Å². The Kier molecular flexibility index (Phi) is 3.48. The fraction of sp³-hybridized carbons (Fsp3) is 0.250. The van der Waals surface area contributed by atoms with E-state index in [2.05, 4.69) is 15.1 Å². The zero-order chi connectivity index (χ0) is 14.8. The van der Waals surface area contributed by atoms with Gasteiger partial charge in [0.2, 0.25) is 0 Å². The first-order valence-corrected chi connectivity index (χ1v) is 6.92. The molecule has 0 fully saturated rings. The predicted molar refractivity (Wildman–Crippen MR) is 80.2 cm³/mol. The summed E-state index contributed by atoms with van der Waals surface area (Å²) in [5, 5.41) is 5.18. The Morgan fingerprint density at radius 3 is 2.67 bits per heavy atom. The number of carbonyl (C=O) groups excluding carboxylic acids is 1. The van der Waals surface area contributed by atoms with Crippen LogP contribution in [0.2, 0.25) is 0 Å². The Labute approximate surface area is 122 Å². The molecule has 5 nitrogen and oxygen atoms in total. The molecule has 0 aliphatic rings. The number of rotatable bonds is 4. The van der Waals surface area contributed by atoms with Gasteiger partial charge in [-0.2, -0.15) is 5.10 Å². The van der Waals surface area contributed by atoms with E-state index in [-0.39, 0.29) is 18.2 Å². The number of hydrogen-bond donors (Lipinski definition) is 0. The van der Waals surface area contributed by atoms with E-state index in [0.717, 1.165) is 16.7 Å². The van der Waals surface area contributed by atoms with E-state index in [4.69, 9.17) is 0 Å². The van der Waals surface area contributed by atoms with Crippen LogP contribution in [0.25, 0.3) is 11.0 Å². The van der Waals surface area contributed by atoms with Gasteiger partial charge in [0.05, 0.1) is 23.7 Å². The van der Waals surface area contributed by atoms with Gasteiger partial charge < -0.3 is 0 Å². The van der Waals surface area contributed by atoms with E-state index in [9.17, 15) is 4.79 Å². The van der Waals surface area contributed by atoms with Gasteiger partial charge in [-0.05, 0) is 13.8 Å². The summed E-state index contributed by atoms with van der Waals surface area (Å²) in [6.07, 6.45) is 3.49. The number of benzene rings is 1. The van der Waals surface area contributed by atoms with E-state index in [1.165, 1.54) is 6.33 Å². The van der Waals surface area contributed by atoms with Crippen LogP contribution < -0.4 is 0 Å². The highest BCUT2D eigenvalue weighted by atomic mass is 16.1. The second-order valence-electron chi connectivity index (χ2n) is 5.21. The lowest BCUT2D eigenvalue weighted by atomic mass is 10.1. The Morgan fingerprint density at radius 2 is 1.95 bits per heavy atom. The molecule has 0 atom stereocenters. The van der Waals surface area contributed by atoms with Crippen LogP contribution in [0.5, 0.6) is 0 Å². The first-order chi connectivity index (χ1) is 10.2. The summed E-state index contributed by atoms with van der Waals surface area (Å²) in [6.45, 7) is 4.09. The van der Waals surface area contributed by atoms with Gasteiger partial charge in [-0.1, -0.05) is 30.3 Å².